The van der Waals surface area contributed by atoms with Crippen LogP contribution in [0.2, 0.25) is 0 Å². The van der Waals surface area contributed by atoms with Gasteiger partial charge in [0.15, 0.2) is 0 Å². The molecule has 0 aliphatic carbocycles. The Morgan fingerprint density at radius 3 is 1.80 bits per heavy atom. The molecule has 3 N–H and O–H groups in total. The molecule has 0 spiro atoms. The fraction of sp³-hybridized carbons (Fsp3) is 0.800. The van der Waals surface area contributed by atoms with Crippen LogP contribution in [0.3, 0.4) is 0 Å². The van der Waals surface area contributed by atoms with Crippen LogP contribution >= 0.6 is 0 Å². The molecule has 0 aromatic heterocycles. The Morgan fingerprint density at radius 1 is 1.07 bits per heavy atom. The second-order valence-corrected chi connectivity index (χ2v) is 3.42. The van der Waals surface area contributed by atoms with Crippen molar-refractivity contribution in [3.63, 3.8) is 0 Å². The molecule has 90 valence electrons. The summed E-state index contributed by atoms with van der Waals surface area (Å²) in [5.74, 6) is -1.73. The Morgan fingerprint density at radius 2 is 1.53 bits per heavy atom. The SMILES string of the molecule is CC(C)C(=O)O.O=C(O)CCCCCO. The lowest BCUT2D eigenvalue weighted by Gasteiger charge is -1.92. The van der Waals surface area contributed by atoms with Gasteiger partial charge in [0.05, 0.1) is 5.92 Å². The molecule has 5 nitrogen and oxygen atoms in total. The Hall–Kier alpha value is -1.10. The largest absolute Gasteiger partial charge is 0.481 e. The van der Waals surface area contributed by atoms with Crippen molar-refractivity contribution in [1.82, 2.24) is 0 Å². The van der Waals surface area contributed by atoms with E-state index in [2.05, 4.69) is 0 Å². The zero-order valence-corrected chi connectivity index (χ0v) is 9.27. The van der Waals surface area contributed by atoms with E-state index < -0.39 is 11.9 Å². The smallest absolute Gasteiger partial charge is 0.305 e. The minimum absolute atomic E-state index is 0.166. The Kier molecular flexibility index (Phi) is 12.0. The normalized spacial score (nSPS) is 9.33. The summed E-state index contributed by atoms with van der Waals surface area (Å²) in [6.45, 7) is 3.45. The first-order valence-electron chi connectivity index (χ1n) is 4.97. The van der Waals surface area contributed by atoms with Gasteiger partial charge in [-0.1, -0.05) is 20.3 Å². The van der Waals surface area contributed by atoms with E-state index in [1.165, 1.54) is 0 Å². The third kappa shape index (κ3) is 19.3. The molecule has 0 saturated carbocycles. The summed E-state index contributed by atoms with van der Waals surface area (Å²) >= 11 is 0. The van der Waals surface area contributed by atoms with Gasteiger partial charge >= 0.3 is 11.9 Å². The summed E-state index contributed by atoms with van der Waals surface area (Å²) in [6, 6.07) is 0. The summed E-state index contributed by atoms with van der Waals surface area (Å²) < 4.78 is 0. The highest BCUT2D eigenvalue weighted by Gasteiger charge is 1.99. The van der Waals surface area contributed by atoms with E-state index in [1.54, 1.807) is 13.8 Å². The molecule has 0 aromatic rings. The topological polar surface area (TPSA) is 94.8 Å². The maximum atomic E-state index is 9.90. The molecule has 0 saturated heterocycles. The predicted molar refractivity (Wildman–Crippen MR) is 55.7 cm³/mol. The first-order valence-corrected chi connectivity index (χ1v) is 4.97. The maximum Gasteiger partial charge on any atom is 0.305 e. The molecule has 15 heavy (non-hydrogen) atoms. The zero-order chi connectivity index (χ0) is 12.3. The van der Waals surface area contributed by atoms with Crippen LogP contribution in [0.5, 0.6) is 0 Å². The lowest BCUT2D eigenvalue weighted by atomic mass is 10.2. The molecule has 0 aliphatic heterocycles. The molecular formula is C10H20O5. The van der Waals surface area contributed by atoms with Gasteiger partial charge in [-0.15, -0.1) is 0 Å². The van der Waals surface area contributed by atoms with Gasteiger partial charge in [0.25, 0.3) is 0 Å². The third-order valence-corrected chi connectivity index (χ3v) is 1.54. The number of hydrogen-bond acceptors (Lipinski definition) is 3. The van der Waals surface area contributed by atoms with Crippen molar-refractivity contribution < 1.29 is 24.9 Å². The zero-order valence-electron chi connectivity index (χ0n) is 9.27. The van der Waals surface area contributed by atoms with Crippen molar-refractivity contribution in [2.75, 3.05) is 6.61 Å². The molecular weight excluding hydrogens is 200 g/mol. The Bertz CT molecular complexity index is 177. The Balaban J connectivity index is 0. The highest BCUT2D eigenvalue weighted by Crippen LogP contribution is 1.97. The van der Waals surface area contributed by atoms with E-state index in [1.807, 2.05) is 0 Å². The quantitative estimate of drug-likeness (QED) is 0.587. The molecule has 5 heteroatoms. The fourth-order valence-corrected chi connectivity index (χ4v) is 0.565. The standard InChI is InChI=1S/C6H12O3.C4H8O2/c7-5-3-1-2-4-6(8)9;1-3(2)4(5)6/h7H,1-5H2,(H,8,9);3H,1-2H3,(H,5,6). The average molecular weight is 220 g/mol. The molecule has 0 amide bonds. The number of aliphatic carboxylic acids is 2. The fourth-order valence-electron chi connectivity index (χ4n) is 0.565. The highest BCUT2D eigenvalue weighted by molar-refractivity contribution is 5.68. The molecule has 0 aromatic carbocycles. The second-order valence-electron chi connectivity index (χ2n) is 3.42. The minimum atomic E-state index is -0.757. The highest BCUT2D eigenvalue weighted by atomic mass is 16.4. The second kappa shape index (κ2) is 11.0. The number of aliphatic hydroxyl groups is 1. The van der Waals surface area contributed by atoms with Gasteiger partial charge in [0, 0.05) is 13.0 Å². The monoisotopic (exact) mass is 220 g/mol. The van der Waals surface area contributed by atoms with Crippen molar-refractivity contribution in [2.45, 2.75) is 39.5 Å². The molecule has 0 rings (SSSR count). The molecule has 0 aliphatic rings. The van der Waals surface area contributed by atoms with E-state index in [0.717, 1.165) is 6.42 Å². The number of rotatable bonds is 6. The lowest BCUT2D eigenvalue weighted by Crippen LogP contribution is -2.03. The van der Waals surface area contributed by atoms with Gasteiger partial charge in [-0.2, -0.15) is 0 Å². The van der Waals surface area contributed by atoms with Crippen molar-refractivity contribution in [2.24, 2.45) is 5.92 Å². The van der Waals surface area contributed by atoms with Gasteiger partial charge < -0.3 is 15.3 Å². The van der Waals surface area contributed by atoms with E-state index in [-0.39, 0.29) is 18.9 Å². The van der Waals surface area contributed by atoms with E-state index >= 15 is 0 Å². The summed E-state index contributed by atoms with van der Waals surface area (Å²) in [4.78, 5) is 19.6. The first kappa shape index (κ1) is 16.3. The molecule has 0 radical (unpaired) electrons. The van der Waals surface area contributed by atoms with Crippen LogP contribution in [0, 0.1) is 5.92 Å². The van der Waals surface area contributed by atoms with Crippen LogP contribution in [-0.2, 0) is 9.59 Å². The van der Waals surface area contributed by atoms with Crippen LogP contribution < -0.4 is 0 Å². The number of carboxylic acids is 2. The van der Waals surface area contributed by atoms with Crippen LogP contribution in [-0.4, -0.2) is 33.9 Å². The summed E-state index contributed by atoms with van der Waals surface area (Å²) in [5.41, 5.74) is 0. The third-order valence-electron chi connectivity index (χ3n) is 1.54. The van der Waals surface area contributed by atoms with E-state index in [0.29, 0.717) is 12.8 Å². The van der Waals surface area contributed by atoms with Gasteiger partial charge in [0.1, 0.15) is 0 Å². The van der Waals surface area contributed by atoms with Crippen LogP contribution in [0.15, 0.2) is 0 Å². The van der Waals surface area contributed by atoms with Crippen LogP contribution in [0.1, 0.15) is 39.5 Å². The van der Waals surface area contributed by atoms with Crippen molar-refractivity contribution in [1.29, 1.82) is 0 Å². The maximum absolute atomic E-state index is 9.90. The van der Waals surface area contributed by atoms with Gasteiger partial charge in [-0.25, -0.2) is 0 Å². The van der Waals surface area contributed by atoms with E-state index in [9.17, 15) is 9.59 Å². The molecule has 0 bridgehead atoms. The van der Waals surface area contributed by atoms with Crippen molar-refractivity contribution in [3.8, 4) is 0 Å². The van der Waals surface area contributed by atoms with Gasteiger partial charge in [-0.3, -0.25) is 9.59 Å². The molecule has 0 unspecified atom stereocenters. The Labute approximate surface area is 89.7 Å². The summed E-state index contributed by atoms with van der Waals surface area (Å²) in [6.07, 6.45) is 2.42. The number of carbonyl (C=O) groups is 2. The van der Waals surface area contributed by atoms with Crippen LogP contribution in [0.25, 0.3) is 0 Å². The first-order chi connectivity index (χ1) is 6.91. The number of carboxylic acid groups (broad SMARTS) is 2. The van der Waals surface area contributed by atoms with Gasteiger partial charge in [0.2, 0.25) is 0 Å². The van der Waals surface area contributed by atoms with Crippen molar-refractivity contribution >= 4 is 11.9 Å². The number of aliphatic hydroxyl groups excluding tert-OH is 1. The molecule has 0 fully saturated rings. The minimum Gasteiger partial charge on any atom is -0.481 e. The summed E-state index contributed by atoms with van der Waals surface area (Å²) in [5, 5.41) is 24.4. The predicted octanol–water partition coefficient (Wildman–Crippen LogP) is 1.35. The van der Waals surface area contributed by atoms with Crippen molar-refractivity contribution in [3.05, 3.63) is 0 Å². The lowest BCUT2D eigenvalue weighted by molar-refractivity contribution is -0.140. The molecule has 0 atom stereocenters. The van der Waals surface area contributed by atoms with E-state index in [4.69, 9.17) is 15.3 Å². The summed E-state index contributed by atoms with van der Waals surface area (Å²) in [7, 11) is 0. The number of unbranched alkanes of at least 4 members (excludes halogenated alkanes) is 2. The van der Waals surface area contributed by atoms with Gasteiger partial charge in [-0.05, 0) is 12.8 Å². The number of hydrogen-bond donors (Lipinski definition) is 3. The molecule has 0 heterocycles. The van der Waals surface area contributed by atoms with Crippen LogP contribution in [0.4, 0.5) is 0 Å². The average Bonchev–Trinajstić information content (AvgIpc) is 2.13.